The number of nitrogens with zero attached hydrogens (tertiary/aromatic N) is 3. The average Bonchev–Trinajstić information content (AvgIpc) is 2.61. The maximum absolute atomic E-state index is 5.87. The molecule has 6 nitrogen and oxygen atoms in total. The third kappa shape index (κ3) is 4.08. The zero-order valence-corrected chi connectivity index (χ0v) is 15.4. The van der Waals surface area contributed by atoms with E-state index < -0.39 is 0 Å². The molecular weight excluding hydrogens is 326 g/mol. The quantitative estimate of drug-likeness (QED) is 0.735. The molecule has 3 N–H and O–H groups in total. The molecule has 0 unspecified atom stereocenters. The second-order valence-corrected chi connectivity index (χ2v) is 7.02. The van der Waals surface area contributed by atoms with Crippen molar-refractivity contribution in [3.05, 3.63) is 54.1 Å². The molecule has 1 heterocycles. The van der Waals surface area contributed by atoms with Crippen molar-refractivity contribution in [2.75, 3.05) is 18.2 Å². The molecule has 2 aromatic carbocycles. The van der Waals surface area contributed by atoms with E-state index in [0.717, 1.165) is 17.0 Å². The first-order chi connectivity index (χ1) is 12.3. The van der Waals surface area contributed by atoms with Crippen LogP contribution in [0.3, 0.4) is 0 Å². The number of hydrogen-bond acceptors (Lipinski definition) is 6. The molecule has 0 radical (unpaired) electrons. The Morgan fingerprint density at radius 2 is 1.54 bits per heavy atom. The number of nitrogens with one attached hydrogen (secondary N) is 1. The Bertz CT molecular complexity index is 884. The van der Waals surface area contributed by atoms with Crippen molar-refractivity contribution in [1.29, 1.82) is 0 Å². The van der Waals surface area contributed by atoms with Gasteiger partial charge in [-0.25, -0.2) is 0 Å². The normalized spacial score (nSPS) is 11.2. The summed E-state index contributed by atoms with van der Waals surface area (Å²) in [6.07, 6.45) is 0. The van der Waals surface area contributed by atoms with Crippen molar-refractivity contribution in [3.8, 4) is 17.1 Å². The van der Waals surface area contributed by atoms with Crippen LogP contribution in [0.5, 0.6) is 5.75 Å². The van der Waals surface area contributed by atoms with Crippen LogP contribution in [0.25, 0.3) is 11.4 Å². The summed E-state index contributed by atoms with van der Waals surface area (Å²) in [7, 11) is 1.63. The minimum atomic E-state index is 0.0950. The number of aromatic nitrogens is 3. The van der Waals surface area contributed by atoms with Gasteiger partial charge in [0.15, 0.2) is 5.82 Å². The number of nitrogen functional groups attached to an aromatic ring is 1. The van der Waals surface area contributed by atoms with E-state index in [1.54, 1.807) is 7.11 Å². The van der Waals surface area contributed by atoms with Crippen LogP contribution in [0.1, 0.15) is 26.3 Å². The van der Waals surface area contributed by atoms with E-state index in [2.05, 4.69) is 53.2 Å². The highest BCUT2D eigenvalue weighted by Gasteiger charge is 2.14. The summed E-state index contributed by atoms with van der Waals surface area (Å²) < 4.78 is 5.16. The second kappa shape index (κ2) is 7.00. The third-order valence-corrected chi connectivity index (χ3v) is 4.01. The fourth-order valence-electron chi connectivity index (χ4n) is 2.50. The van der Waals surface area contributed by atoms with Crippen LogP contribution in [0.2, 0.25) is 0 Å². The molecule has 1 aromatic heterocycles. The second-order valence-electron chi connectivity index (χ2n) is 7.02. The zero-order chi connectivity index (χ0) is 18.7. The van der Waals surface area contributed by atoms with E-state index in [0.29, 0.717) is 11.8 Å². The third-order valence-electron chi connectivity index (χ3n) is 4.01. The topological polar surface area (TPSA) is 86.0 Å². The number of rotatable bonds is 4. The van der Waals surface area contributed by atoms with Crippen molar-refractivity contribution in [1.82, 2.24) is 15.0 Å². The molecule has 0 amide bonds. The van der Waals surface area contributed by atoms with Gasteiger partial charge in [-0.3, -0.25) is 0 Å². The number of benzene rings is 2. The lowest BCUT2D eigenvalue weighted by Crippen LogP contribution is -2.10. The number of ether oxygens (including phenoxy) is 1. The lowest BCUT2D eigenvalue weighted by molar-refractivity contribution is 0.415. The molecule has 3 aromatic rings. The van der Waals surface area contributed by atoms with Gasteiger partial charge in [-0.2, -0.15) is 15.0 Å². The summed E-state index contributed by atoms with van der Waals surface area (Å²) in [5.74, 6) is 1.89. The molecule has 0 atom stereocenters. The minimum absolute atomic E-state index is 0.0950. The van der Waals surface area contributed by atoms with Crippen molar-refractivity contribution in [3.63, 3.8) is 0 Å². The van der Waals surface area contributed by atoms with Crippen LogP contribution < -0.4 is 15.8 Å². The van der Waals surface area contributed by atoms with Gasteiger partial charge in [0.1, 0.15) is 5.75 Å². The molecule has 6 heteroatoms. The largest absolute Gasteiger partial charge is 0.497 e. The van der Waals surface area contributed by atoms with Crippen LogP contribution in [0.4, 0.5) is 17.6 Å². The van der Waals surface area contributed by atoms with Gasteiger partial charge in [0.2, 0.25) is 11.9 Å². The Hall–Kier alpha value is -3.15. The van der Waals surface area contributed by atoms with Crippen LogP contribution in [0.15, 0.2) is 48.5 Å². The first-order valence-electron chi connectivity index (χ1n) is 8.39. The lowest BCUT2D eigenvalue weighted by atomic mass is 9.87. The number of methoxy groups -OCH3 is 1. The fraction of sp³-hybridized carbons (Fsp3) is 0.250. The fourth-order valence-corrected chi connectivity index (χ4v) is 2.50. The summed E-state index contributed by atoms with van der Waals surface area (Å²) in [5, 5.41) is 3.14. The van der Waals surface area contributed by atoms with Gasteiger partial charge < -0.3 is 15.8 Å². The number of hydrogen-bond donors (Lipinski definition) is 2. The summed E-state index contributed by atoms with van der Waals surface area (Å²) >= 11 is 0. The van der Waals surface area contributed by atoms with Crippen LogP contribution in [0, 0.1) is 0 Å². The van der Waals surface area contributed by atoms with Gasteiger partial charge in [-0.1, -0.05) is 45.0 Å². The summed E-state index contributed by atoms with van der Waals surface area (Å²) in [6, 6.07) is 15.7. The highest BCUT2D eigenvalue weighted by atomic mass is 16.5. The van der Waals surface area contributed by atoms with Gasteiger partial charge in [-0.15, -0.1) is 0 Å². The SMILES string of the molecule is COc1ccc(Nc2nc(N)nc(-c3ccc(C(C)(C)C)cc3)n2)cc1. The maximum atomic E-state index is 5.87. The Labute approximate surface area is 153 Å². The number of anilines is 3. The maximum Gasteiger partial charge on any atom is 0.232 e. The van der Waals surface area contributed by atoms with Crippen molar-refractivity contribution in [2.45, 2.75) is 26.2 Å². The minimum Gasteiger partial charge on any atom is -0.497 e. The van der Waals surface area contributed by atoms with Crippen LogP contribution in [-0.4, -0.2) is 22.1 Å². The molecule has 0 saturated heterocycles. The lowest BCUT2D eigenvalue weighted by Gasteiger charge is -2.19. The Balaban J connectivity index is 1.87. The molecular formula is C20H23N5O. The van der Waals surface area contributed by atoms with Crippen LogP contribution >= 0.6 is 0 Å². The van der Waals surface area contributed by atoms with Crippen molar-refractivity contribution in [2.24, 2.45) is 0 Å². The zero-order valence-electron chi connectivity index (χ0n) is 15.4. The first kappa shape index (κ1) is 17.7. The van der Waals surface area contributed by atoms with Gasteiger partial charge in [0.25, 0.3) is 0 Å². The molecule has 0 fully saturated rings. The first-order valence-corrected chi connectivity index (χ1v) is 8.39. The van der Waals surface area contributed by atoms with E-state index in [1.807, 2.05) is 36.4 Å². The molecule has 0 spiro atoms. The smallest absolute Gasteiger partial charge is 0.232 e. The molecule has 0 aliphatic carbocycles. The predicted octanol–water partition coefficient (Wildman–Crippen LogP) is 4.17. The van der Waals surface area contributed by atoms with E-state index in [-0.39, 0.29) is 11.4 Å². The molecule has 134 valence electrons. The van der Waals surface area contributed by atoms with Crippen molar-refractivity contribution < 1.29 is 4.74 Å². The molecule has 0 aliphatic rings. The van der Waals surface area contributed by atoms with Crippen molar-refractivity contribution >= 4 is 17.6 Å². The Morgan fingerprint density at radius 1 is 0.885 bits per heavy atom. The predicted molar refractivity (Wildman–Crippen MR) is 105 cm³/mol. The monoisotopic (exact) mass is 349 g/mol. The van der Waals surface area contributed by atoms with E-state index in [9.17, 15) is 0 Å². The van der Waals surface area contributed by atoms with Gasteiger partial charge in [-0.05, 0) is 35.2 Å². The Kier molecular flexibility index (Phi) is 4.75. The molecule has 3 rings (SSSR count). The molecule has 0 saturated carbocycles. The summed E-state index contributed by atoms with van der Waals surface area (Å²) in [6.45, 7) is 6.54. The highest BCUT2D eigenvalue weighted by Crippen LogP contribution is 2.26. The van der Waals surface area contributed by atoms with Crippen LogP contribution in [-0.2, 0) is 5.41 Å². The molecule has 0 bridgehead atoms. The summed E-state index contributed by atoms with van der Waals surface area (Å²) in [5.41, 5.74) is 8.95. The average molecular weight is 349 g/mol. The summed E-state index contributed by atoms with van der Waals surface area (Å²) in [4.78, 5) is 12.9. The standard InChI is InChI=1S/C20H23N5O/c1-20(2,3)14-7-5-13(6-8-14)17-23-18(21)25-19(24-17)22-15-9-11-16(26-4)12-10-15/h5-12H,1-4H3,(H3,21,22,23,24,25). The molecule has 0 aliphatic heterocycles. The molecule has 26 heavy (non-hydrogen) atoms. The van der Waals surface area contributed by atoms with E-state index in [1.165, 1.54) is 5.56 Å². The van der Waals surface area contributed by atoms with E-state index in [4.69, 9.17) is 10.5 Å². The van der Waals surface area contributed by atoms with Gasteiger partial charge >= 0.3 is 0 Å². The van der Waals surface area contributed by atoms with Gasteiger partial charge in [0.05, 0.1) is 7.11 Å². The Morgan fingerprint density at radius 3 is 2.12 bits per heavy atom. The van der Waals surface area contributed by atoms with E-state index >= 15 is 0 Å². The van der Waals surface area contributed by atoms with Gasteiger partial charge in [0, 0.05) is 11.3 Å². The highest BCUT2D eigenvalue weighted by molar-refractivity contribution is 5.61. The number of nitrogens with two attached hydrogens (primary N) is 1.